The number of fused-ring (bicyclic) bond motifs is 1. The van der Waals surface area contributed by atoms with Crippen molar-refractivity contribution in [1.82, 2.24) is 10.2 Å². The van der Waals surface area contributed by atoms with Crippen LogP contribution in [-0.2, 0) is 6.54 Å². The fourth-order valence-electron chi connectivity index (χ4n) is 4.68. The molecule has 0 atom stereocenters. The highest BCUT2D eigenvalue weighted by molar-refractivity contribution is 6.04. The van der Waals surface area contributed by atoms with Gasteiger partial charge in [-0.05, 0) is 55.7 Å². The van der Waals surface area contributed by atoms with Crippen LogP contribution in [0.1, 0.15) is 42.1 Å². The van der Waals surface area contributed by atoms with E-state index < -0.39 is 5.82 Å². The number of nitrogens with zero attached hydrogens (tertiary/aromatic N) is 2. The van der Waals surface area contributed by atoms with Crippen LogP contribution in [-0.4, -0.2) is 41.9 Å². The first kappa shape index (κ1) is 20.3. The molecule has 4 rings (SSSR count). The van der Waals surface area contributed by atoms with Crippen LogP contribution >= 0.6 is 0 Å². The van der Waals surface area contributed by atoms with E-state index in [0.717, 1.165) is 11.3 Å². The van der Waals surface area contributed by atoms with E-state index in [1.807, 2.05) is 6.92 Å². The number of benzene rings is 2. The van der Waals surface area contributed by atoms with Crippen molar-refractivity contribution in [3.8, 4) is 0 Å². The average Bonchev–Trinajstić information content (AvgIpc) is 2.74. The molecule has 1 saturated heterocycles. The van der Waals surface area contributed by atoms with Crippen molar-refractivity contribution < 1.29 is 18.4 Å². The van der Waals surface area contributed by atoms with Gasteiger partial charge in [0.25, 0.3) is 0 Å². The van der Waals surface area contributed by atoms with E-state index in [9.17, 15) is 18.4 Å². The van der Waals surface area contributed by atoms with Gasteiger partial charge in [0.2, 0.25) is 0 Å². The van der Waals surface area contributed by atoms with Crippen molar-refractivity contribution in [2.24, 2.45) is 0 Å². The highest BCUT2D eigenvalue weighted by atomic mass is 19.1. The molecule has 1 N–H and O–H groups in total. The Labute approximate surface area is 174 Å². The van der Waals surface area contributed by atoms with Crippen molar-refractivity contribution >= 4 is 17.5 Å². The second-order valence-corrected chi connectivity index (χ2v) is 8.00. The van der Waals surface area contributed by atoms with E-state index in [4.69, 9.17) is 0 Å². The smallest absolute Gasteiger partial charge is 0.317 e. The lowest BCUT2D eigenvalue weighted by molar-refractivity contribution is 0.0885. The second-order valence-electron chi connectivity index (χ2n) is 8.00. The topological polar surface area (TPSA) is 52.7 Å². The highest BCUT2D eigenvalue weighted by Crippen LogP contribution is 2.42. The number of likely N-dealkylation sites (tertiary alicyclic amines) is 1. The summed E-state index contributed by atoms with van der Waals surface area (Å²) in [6.45, 7) is 4.15. The van der Waals surface area contributed by atoms with Gasteiger partial charge in [-0.3, -0.25) is 4.79 Å². The first-order valence-corrected chi connectivity index (χ1v) is 10.3. The predicted octanol–water partition coefficient (Wildman–Crippen LogP) is 4.12. The summed E-state index contributed by atoms with van der Waals surface area (Å²) in [5.74, 6) is -0.747. The van der Waals surface area contributed by atoms with E-state index in [-0.39, 0.29) is 23.2 Å². The van der Waals surface area contributed by atoms with Crippen LogP contribution in [0.2, 0.25) is 0 Å². The fraction of sp³-hybridized carbons (Fsp3) is 0.391. The van der Waals surface area contributed by atoms with Crippen molar-refractivity contribution in [1.29, 1.82) is 0 Å². The highest BCUT2D eigenvalue weighted by Gasteiger charge is 2.46. The van der Waals surface area contributed by atoms with Crippen LogP contribution in [0.5, 0.6) is 0 Å². The number of nitrogens with one attached hydrogen (secondary N) is 1. The lowest BCUT2D eigenvalue weighted by atomic mass is 9.76. The molecule has 7 heteroatoms. The standard InChI is InChI=1S/C23H25F2N3O2/c1-2-28-20-8-7-18(25)13-19(20)21(29)14-23(28)9-11-27(12-10-23)22(30)26-15-16-3-5-17(24)6-4-16/h3-8,13H,2,9-12,14-15H2,1H3,(H,26,30). The number of Topliss-reactive ketones (excluding diaryl/α,β-unsaturated/α-hetero) is 1. The Kier molecular flexibility index (Phi) is 5.45. The molecule has 0 unspecified atom stereocenters. The molecule has 1 spiro atoms. The number of hydrogen-bond acceptors (Lipinski definition) is 3. The third-order valence-corrected chi connectivity index (χ3v) is 6.27. The Morgan fingerprint density at radius 1 is 1.07 bits per heavy atom. The molecule has 0 radical (unpaired) electrons. The van der Waals surface area contributed by atoms with E-state index in [0.29, 0.717) is 51.0 Å². The molecule has 30 heavy (non-hydrogen) atoms. The normalized spacial score (nSPS) is 17.8. The molecule has 2 aromatic carbocycles. The first-order chi connectivity index (χ1) is 14.4. The molecule has 2 aromatic rings. The van der Waals surface area contributed by atoms with Gasteiger partial charge in [0.05, 0.1) is 5.54 Å². The van der Waals surface area contributed by atoms with Crippen LogP contribution in [0.3, 0.4) is 0 Å². The van der Waals surface area contributed by atoms with Crippen molar-refractivity contribution in [3.05, 3.63) is 65.2 Å². The Morgan fingerprint density at radius 3 is 2.40 bits per heavy atom. The maximum atomic E-state index is 13.6. The second kappa shape index (κ2) is 8.05. The monoisotopic (exact) mass is 413 g/mol. The summed E-state index contributed by atoms with van der Waals surface area (Å²) in [6, 6.07) is 10.3. The number of urea groups is 1. The zero-order chi connectivity index (χ0) is 21.3. The Balaban J connectivity index is 1.42. The molecule has 0 bridgehead atoms. The van der Waals surface area contributed by atoms with Crippen molar-refractivity contribution in [2.75, 3.05) is 24.5 Å². The van der Waals surface area contributed by atoms with Gasteiger partial charge in [0, 0.05) is 43.9 Å². The quantitative estimate of drug-likeness (QED) is 0.824. The zero-order valence-corrected chi connectivity index (χ0v) is 17.0. The van der Waals surface area contributed by atoms with Gasteiger partial charge >= 0.3 is 6.03 Å². The number of piperidine rings is 1. The third kappa shape index (κ3) is 3.76. The lowest BCUT2D eigenvalue weighted by Gasteiger charge is -2.52. The fourth-order valence-corrected chi connectivity index (χ4v) is 4.68. The zero-order valence-electron chi connectivity index (χ0n) is 17.0. The van der Waals surface area contributed by atoms with Gasteiger partial charge < -0.3 is 15.1 Å². The number of rotatable bonds is 3. The number of ketones is 1. The predicted molar refractivity (Wildman–Crippen MR) is 111 cm³/mol. The van der Waals surface area contributed by atoms with Crippen molar-refractivity contribution in [2.45, 2.75) is 38.3 Å². The van der Waals surface area contributed by atoms with Crippen LogP contribution < -0.4 is 10.2 Å². The maximum Gasteiger partial charge on any atom is 0.317 e. The molecule has 2 amide bonds. The molecular weight excluding hydrogens is 388 g/mol. The number of anilines is 1. The first-order valence-electron chi connectivity index (χ1n) is 10.3. The third-order valence-electron chi connectivity index (χ3n) is 6.27. The van der Waals surface area contributed by atoms with E-state index in [1.54, 1.807) is 23.1 Å². The molecule has 0 aliphatic carbocycles. The Bertz CT molecular complexity index is 953. The molecule has 0 aromatic heterocycles. The summed E-state index contributed by atoms with van der Waals surface area (Å²) < 4.78 is 26.7. The van der Waals surface area contributed by atoms with E-state index >= 15 is 0 Å². The molecule has 158 valence electrons. The molecule has 5 nitrogen and oxygen atoms in total. The van der Waals surface area contributed by atoms with Crippen LogP contribution in [0, 0.1) is 11.6 Å². The number of hydrogen-bond donors (Lipinski definition) is 1. The van der Waals surface area contributed by atoms with Gasteiger partial charge in [0.15, 0.2) is 5.78 Å². The van der Waals surface area contributed by atoms with E-state index in [2.05, 4.69) is 10.2 Å². The number of halogens is 2. The van der Waals surface area contributed by atoms with Gasteiger partial charge in [-0.25, -0.2) is 13.6 Å². The van der Waals surface area contributed by atoms with Crippen LogP contribution in [0.4, 0.5) is 19.3 Å². The summed E-state index contributed by atoms with van der Waals surface area (Å²) >= 11 is 0. The van der Waals surface area contributed by atoms with Crippen LogP contribution in [0.25, 0.3) is 0 Å². The molecule has 2 aliphatic rings. The number of amides is 2. The molecule has 1 fully saturated rings. The Hall–Kier alpha value is -2.96. The summed E-state index contributed by atoms with van der Waals surface area (Å²) in [4.78, 5) is 29.3. The molecule has 2 heterocycles. The summed E-state index contributed by atoms with van der Waals surface area (Å²) in [5, 5.41) is 2.88. The summed E-state index contributed by atoms with van der Waals surface area (Å²) in [7, 11) is 0. The van der Waals surface area contributed by atoms with Gasteiger partial charge in [0.1, 0.15) is 11.6 Å². The minimum absolute atomic E-state index is 0.0385. The molecular formula is C23H25F2N3O2. The van der Waals surface area contributed by atoms with E-state index in [1.165, 1.54) is 24.3 Å². The largest absolute Gasteiger partial charge is 0.365 e. The lowest BCUT2D eigenvalue weighted by Crippen LogP contribution is -2.60. The van der Waals surface area contributed by atoms with Gasteiger partial charge in [-0.15, -0.1) is 0 Å². The van der Waals surface area contributed by atoms with Gasteiger partial charge in [-0.1, -0.05) is 12.1 Å². The molecule has 0 saturated carbocycles. The minimum atomic E-state index is -0.401. The number of carbonyl (C=O) groups excluding carboxylic acids is 2. The number of carbonyl (C=O) groups is 2. The van der Waals surface area contributed by atoms with Crippen molar-refractivity contribution in [3.63, 3.8) is 0 Å². The molecule has 2 aliphatic heterocycles. The SMILES string of the molecule is CCN1c2ccc(F)cc2C(=O)CC12CCN(C(=O)NCc1ccc(F)cc1)CC2. The van der Waals surface area contributed by atoms with Gasteiger partial charge in [-0.2, -0.15) is 0 Å². The minimum Gasteiger partial charge on any atom is -0.365 e. The summed E-state index contributed by atoms with van der Waals surface area (Å²) in [5.41, 5.74) is 1.72. The van der Waals surface area contributed by atoms with Crippen LogP contribution in [0.15, 0.2) is 42.5 Å². The summed E-state index contributed by atoms with van der Waals surface area (Å²) in [6.07, 6.45) is 1.68. The maximum absolute atomic E-state index is 13.6. The Morgan fingerprint density at radius 2 is 1.73 bits per heavy atom. The average molecular weight is 413 g/mol.